The zero-order valence-electron chi connectivity index (χ0n) is 9.72. The predicted octanol–water partition coefficient (Wildman–Crippen LogP) is 2.86. The summed E-state index contributed by atoms with van der Waals surface area (Å²) in [4.78, 5) is 20.6. The largest absolute Gasteiger partial charge is 0.465 e. The van der Waals surface area contributed by atoms with Crippen LogP contribution in [0.3, 0.4) is 0 Å². The molecule has 0 bridgehead atoms. The average molecular weight is 306 g/mol. The van der Waals surface area contributed by atoms with Gasteiger partial charge >= 0.3 is 11.5 Å². The average Bonchev–Trinajstić information content (AvgIpc) is 2.34. The Bertz CT molecular complexity index is 610. The van der Waals surface area contributed by atoms with Gasteiger partial charge in [0.05, 0.1) is 17.6 Å². The molecule has 0 atom stereocenters. The maximum Gasteiger partial charge on any atom is 0.446 e. The number of halogens is 3. The number of benzene rings is 1. The summed E-state index contributed by atoms with van der Waals surface area (Å²) in [7, 11) is 0.936. The summed E-state index contributed by atoms with van der Waals surface area (Å²) in [5.74, 6) is -1.17. The van der Waals surface area contributed by atoms with Crippen molar-refractivity contribution in [3.8, 4) is 6.07 Å². The SMILES string of the molecule is COC(=O)c1c(C#N)cc(SC(F)(F)F)cc1[N+](=O)[O-]. The Kier molecular flexibility index (Phi) is 4.57. The maximum atomic E-state index is 12.3. The molecule has 0 amide bonds. The lowest BCUT2D eigenvalue weighted by Crippen LogP contribution is -2.09. The number of hydrogen-bond donors (Lipinski definition) is 0. The van der Waals surface area contributed by atoms with Gasteiger partial charge in [-0.3, -0.25) is 10.1 Å². The van der Waals surface area contributed by atoms with Gasteiger partial charge in [0.25, 0.3) is 5.69 Å². The Balaban J connectivity index is 3.52. The van der Waals surface area contributed by atoms with Gasteiger partial charge in [-0.05, 0) is 17.8 Å². The van der Waals surface area contributed by atoms with Gasteiger partial charge in [0.2, 0.25) is 0 Å². The molecule has 0 saturated carbocycles. The molecule has 20 heavy (non-hydrogen) atoms. The van der Waals surface area contributed by atoms with E-state index in [4.69, 9.17) is 5.26 Å². The quantitative estimate of drug-likeness (QED) is 0.369. The lowest BCUT2D eigenvalue weighted by molar-refractivity contribution is -0.385. The molecule has 0 aromatic heterocycles. The highest BCUT2D eigenvalue weighted by atomic mass is 32.2. The molecular formula is C10H5F3N2O4S. The molecule has 1 aromatic carbocycles. The molecule has 0 spiro atoms. The van der Waals surface area contributed by atoms with Gasteiger partial charge in [0.15, 0.2) is 5.56 Å². The van der Waals surface area contributed by atoms with Crippen LogP contribution in [0.2, 0.25) is 0 Å². The minimum atomic E-state index is -4.67. The van der Waals surface area contributed by atoms with Gasteiger partial charge < -0.3 is 4.74 Å². The van der Waals surface area contributed by atoms with E-state index in [1.54, 1.807) is 0 Å². The first-order valence-corrected chi connectivity index (χ1v) is 5.58. The molecule has 10 heteroatoms. The van der Waals surface area contributed by atoms with Gasteiger partial charge in [0.1, 0.15) is 6.07 Å². The number of carbonyl (C=O) groups is 1. The molecule has 0 saturated heterocycles. The van der Waals surface area contributed by atoms with E-state index in [2.05, 4.69) is 4.74 Å². The van der Waals surface area contributed by atoms with Crippen LogP contribution in [0.1, 0.15) is 15.9 Å². The number of esters is 1. The number of alkyl halides is 3. The van der Waals surface area contributed by atoms with Crippen LogP contribution in [0.25, 0.3) is 0 Å². The number of nitro groups is 1. The second-order valence-corrected chi connectivity index (χ2v) is 4.41. The van der Waals surface area contributed by atoms with Crippen molar-refractivity contribution in [2.45, 2.75) is 10.4 Å². The summed E-state index contributed by atoms with van der Waals surface area (Å²) in [5, 5.41) is 19.6. The van der Waals surface area contributed by atoms with Crippen molar-refractivity contribution < 1.29 is 27.6 Å². The molecule has 0 aliphatic carbocycles. The molecule has 0 N–H and O–H groups in total. The van der Waals surface area contributed by atoms with Crippen molar-refractivity contribution in [3.05, 3.63) is 33.4 Å². The number of carbonyl (C=O) groups excluding carboxylic acids is 1. The molecule has 0 aliphatic heterocycles. The van der Waals surface area contributed by atoms with Crippen molar-refractivity contribution in [2.75, 3.05) is 7.11 Å². The number of nitriles is 1. The van der Waals surface area contributed by atoms with E-state index in [-0.39, 0.29) is 0 Å². The first kappa shape index (κ1) is 15.8. The number of thioether (sulfide) groups is 1. The third-order valence-corrected chi connectivity index (χ3v) is 2.73. The molecule has 106 valence electrons. The fourth-order valence-electron chi connectivity index (χ4n) is 1.34. The molecule has 6 nitrogen and oxygen atoms in total. The van der Waals surface area contributed by atoms with Crippen LogP contribution in [0.15, 0.2) is 17.0 Å². The van der Waals surface area contributed by atoms with Crippen LogP contribution in [-0.4, -0.2) is 23.5 Å². The molecule has 0 aliphatic rings. The number of nitrogens with zero attached hydrogens (tertiary/aromatic N) is 2. The summed E-state index contributed by atoms with van der Waals surface area (Å²) >= 11 is -0.618. The Morgan fingerprint density at radius 2 is 2.10 bits per heavy atom. The summed E-state index contributed by atoms with van der Waals surface area (Å²) in [6.45, 7) is 0. The summed E-state index contributed by atoms with van der Waals surface area (Å²) in [5.41, 5.74) is -6.82. The lowest BCUT2D eigenvalue weighted by Gasteiger charge is -2.08. The van der Waals surface area contributed by atoms with Gasteiger partial charge in [-0.1, -0.05) is 0 Å². The zero-order chi connectivity index (χ0) is 15.5. The van der Waals surface area contributed by atoms with E-state index in [1.807, 2.05) is 0 Å². The number of hydrogen-bond acceptors (Lipinski definition) is 6. The number of rotatable bonds is 3. The molecule has 0 heterocycles. The van der Waals surface area contributed by atoms with E-state index in [0.29, 0.717) is 6.07 Å². The van der Waals surface area contributed by atoms with E-state index in [9.17, 15) is 28.1 Å². The highest BCUT2D eigenvalue weighted by Crippen LogP contribution is 2.39. The Morgan fingerprint density at radius 1 is 1.50 bits per heavy atom. The van der Waals surface area contributed by atoms with Crippen molar-refractivity contribution in [3.63, 3.8) is 0 Å². The minimum Gasteiger partial charge on any atom is -0.465 e. The standard InChI is InChI=1S/C10H5F3N2O4S/c1-19-9(16)8-5(4-14)2-6(20-10(11,12)13)3-7(8)15(17)18/h2-3H,1H3. The van der Waals surface area contributed by atoms with E-state index in [1.165, 1.54) is 6.07 Å². The third-order valence-electron chi connectivity index (χ3n) is 2.03. The summed E-state index contributed by atoms with van der Waals surface area (Å²) in [6, 6.07) is 2.77. The lowest BCUT2D eigenvalue weighted by atomic mass is 10.1. The minimum absolute atomic E-state index is 0.558. The van der Waals surface area contributed by atoms with Gasteiger partial charge in [-0.25, -0.2) is 4.79 Å². The summed E-state index contributed by atoms with van der Waals surface area (Å²) in [6.07, 6.45) is 0. The first-order chi connectivity index (χ1) is 9.19. The zero-order valence-corrected chi connectivity index (χ0v) is 10.5. The smallest absolute Gasteiger partial charge is 0.446 e. The first-order valence-electron chi connectivity index (χ1n) is 4.76. The van der Waals surface area contributed by atoms with E-state index < -0.39 is 49.9 Å². The molecular weight excluding hydrogens is 301 g/mol. The monoisotopic (exact) mass is 306 g/mol. The molecule has 1 aromatic rings. The highest BCUT2D eigenvalue weighted by molar-refractivity contribution is 8.00. The van der Waals surface area contributed by atoms with Crippen LogP contribution < -0.4 is 0 Å². The Labute approximate surface area is 114 Å². The van der Waals surface area contributed by atoms with Crippen LogP contribution in [0.5, 0.6) is 0 Å². The second kappa shape index (κ2) is 5.79. The van der Waals surface area contributed by atoms with Gasteiger partial charge in [0, 0.05) is 11.0 Å². The van der Waals surface area contributed by atoms with Crippen LogP contribution in [-0.2, 0) is 4.74 Å². The molecule has 0 fully saturated rings. The van der Waals surface area contributed by atoms with Gasteiger partial charge in [-0.2, -0.15) is 18.4 Å². The predicted molar refractivity (Wildman–Crippen MR) is 61.1 cm³/mol. The van der Waals surface area contributed by atoms with E-state index >= 15 is 0 Å². The van der Waals surface area contributed by atoms with Crippen molar-refractivity contribution >= 4 is 23.4 Å². The number of ether oxygens (including phenoxy) is 1. The number of methoxy groups -OCH3 is 1. The fourth-order valence-corrected chi connectivity index (χ4v) is 1.96. The topological polar surface area (TPSA) is 93.2 Å². The maximum absolute atomic E-state index is 12.3. The van der Waals surface area contributed by atoms with Crippen molar-refractivity contribution in [1.82, 2.24) is 0 Å². The third kappa shape index (κ3) is 3.61. The van der Waals surface area contributed by atoms with Crippen LogP contribution >= 0.6 is 11.8 Å². The Morgan fingerprint density at radius 3 is 2.50 bits per heavy atom. The molecule has 0 unspecified atom stereocenters. The van der Waals surface area contributed by atoms with Gasteiger partial charge in [-0.15, -0.1) is 0 Å². The normalized spacial score (nSPS) is 10.8. The molecule has 1 rings (SSSR count). The van der Waals surface area contributed by atoms with E-state index in [0.717, 1.165) is 13.2 Å². The van der Waals surface area contributed by atoms with Crippen molar-refractivity contribution in [1.29, 1.82) is 5.26 Å². The fraction of sp³-hybridized carbons (Fsp3) is 0.200. The van der Waals surface area contributed by atoms with Crippen LogP contribution in [0.4, 0.5) is 18.9 Å². The molecule has 0 radical (unpaired) electrons. The summed E-state index contributed by atoms with van der Waals surface area (Å²) < 4.78 is 41.0. The van der Waals surface area contributed by atoms with Crippen molar-refractivity contribution in [2.24, 2.45) is 0 Å². The second-order valence-electron chi connectivity index (χ2n) is 3.27. The van der Waals surface area contributed by atoms with Crippen LogP contribution in [0, 0.1) is 21.4 Å². The Hall–Kier alpha value is -2.28. The highest BCUT2D eigenvalue weighted by Gasteiger charge is 2.33. The number of nitro benzene ring substituents is 1.